The van der Waals surface area contributed by atoms with Gasteiger partial charge in [0.05, 0.1) is 12.3 Å². The molecule has 7 heteroatoms. The van der Waals surface area contributed by atoms with E-state index in [0.717, 1.165) is 11.4 Å². The van der Waals surface area contributed by atoms with Crippen LogP contribution in [-0.2, 0) is 0 Å². The predicted molar refractivity (Wildman–Crippen MR) is 76.2 cm³/mol. The van der Waals surface area contributed by atoms with E-state index in [4.69, 9.17) is 0 Å². The second-order valence-electron chi connectivity index (χ2n) is 4.98. The highest BCUT2D eigenvalue weighted by atomic mass is 16.3. The van der Waals surface area contributed by atoms with Crippen LogP contribution in [0.15, 0.2) is 36.5 Å². The Labute approximate surface area is 121 Å². The Hall–Kier alpha value is -2.54. The zero-order chi connectivity index (χ0) is 14.7. The van der Waals surface area contributed by atoms with Gasteiger partial charge in [-0.05, 0) is 17.2 Å². The highest BCUT2D eigenvalue weighted by Gasteiger charge is 2.17. The van der Waals surface area contributed by atoms with Crippen molar-refractivity contribution in [3.63, 3.8) is 0 Å². The lowest BCUT2D eigenvalue weighted by atomic mass is 9.98. The molecule has 0 spiro atoms. The summed E-state index contributed by atoms with van der Waals surface area (Å²) in [4.78, 5) is 7.50. The van der Waals surface area contributed by atoms with Crippen LogP contribution in [0, 0.1) is 0 Å². The summed E-state index contributed by atoms with van der Waals surface area (Å²) in [5.41, 5.74) is 1.62. The number of nitrogens with one attached hydrogen (secondary N) is 2. The summed E-state index contributed by atoms with van der Waals surface area (Å²) in [6.45, 7) is 2.02. The number of benzene rings is 1. The Kier molecular flexibility index (Phi) is 3.74. The fourth-order valence-corrected chi connectivity index (χ4v) is 2.23. The van der Waals surface area contributed by atoms with Crippen molar-refractivity contribution in [2.45, 2.75) is 25.4 Å². The van der Waals surface area contributed by atoms with Gasteiger partial charge in [0.15, 0.2) is 0 Å². The number of hydrogen-bond acceptors (Lipinski definition) is 5. The standard InChI is InChI=1S/C14H16N6O/c1-9(7-12(21)10-5-3-2-4-6-10)13-15-8-11(16-13)14-17-19-20-18-14/h2-6,8-9,12,21H,7H2,1H3,(H,15,16)(H,17,18,19,20). The quantitative estimate of drug-likeness (QED) is 0.663. The van der Waals surface area contributed by atoms with E-state index in [1.807, 2.05) is 37.3 Å². The van der Waals surface area contributed by atoms with Crippen molar-refractivity contribution >= 4 is 0 Å². The van der Waals surface area contributed by atoms with Gasteiger partial charge in [-0.15, -0.1) is 10.2 Å². The van der Waals surface area contributed by atoms with E-state index in [1.165, 1.54) is 0 Å². The molecule has 0 fully saturated rings. The monoisotopic (exact) mass is 284 g/mol. The van der Waals surface area contributed by atoms with E-state index in [-0.39, 0.29) is 5.92 Å². The first-order valence-electron chi connectivity index (χ1n) is 6.75. The topological polar surface area (TPSA) is 103 Å². The van der Waals surface area contributed by atoms with E-state index in [9.17, 15) is 5.11 Å². The van der Waals surface area contributed by atoms with E-state index >= 15 is 0 Å². The molecule has 0 bridgehead atoms. The van der Waals surface area contributed by atoms with Gasteiger partial charge in [0.25, 0.3) is 0 Å². The molecule has 0 aliphatic carbocycles. The fraction of sp³-hybridized carbons (Fsp3) is 0.286. The van der Waals surface area contributed by atoms with Crippen LogP contribution in [0.5, 0.6) is 0 Å². The third kappa shape index (κ3) is 2.97. The summed E-state index contributed by atoms with van der Waals surface area (Å²) < 4.78 is 0. The molecule has 0 aliphatic rings. The summed E-state index contributed by atoms with van der Waals surface area (Å²) in [5, 5.41) is 24.0. The molecule has 2 atom stereocenters. The van der Waals surface area contributed by atoms with Gasteiger partial charge in [-0.25, -0.2) is 4.98 Å². The second kappa shape index (κ2) is 5.84. The molecule has 3 N–H and O–H groups in total. The van der Waals surface area contributed by atoms with Crippen molar-refractivity contribution in [1.82, 2.24) is 30.6 Å². The summed E-state index contributed by atoms with van der Waals surface area (Å²) in [6, 6.07) is 9.62. The molecule has 0 amide bonds. The highest BCUT2D eigenvalue weighted by molar-refractivity contribution is 5.46. The average molecular weight is 284 g/mol. The van der Waals surface area contributed by atoms with Gasteiger partial charge in [0, 0.05) is 5.92 Å². The first-order chi connectivity index (χ1) is 10.2. The van der Waals surface area contributed by atoms with Crippen molar-refractivity contribution in [3.05, 3.63) is 47.9 Å². The maximum atomic E-state index is 10.3. The van der Waals surface area contributed by atoms with Gasteiger partial charge in [0.1, 0.15) is 11.5 Å². The van der Waals surface area contributed by atoms with Crippen LogP contribution in [0.2, 0.25) is 0 Å². The largest absolute Gasteiger partial charge is 0.388 e. The van der Waals surface area contributed by atoms with E-state index in [2.05, 4.69) is 30.6 Å². The SMILES string of the molecule is CC(CC(O)c1ccccc1)c1ncc(-c2nn[nH]n2)[nH]1. The number of nitrogens with zero attached hydrogens (tertiary/aromatic N) is 4. The molecule has 0 radical (unpaired) electrons. The fourth-order valence-electron chi connectivity index (χ4n) is 2.23. The van der Waals surface area contributed by atoms with Gasteiger partial charge < -0.3 is 10.1 Å². The molecule has 0 saturated heterocycles. The number of aliphatic hydroxyl groups is 1. The molecule has 2 unspecified atom stereocenters. The van der Waals surface area contributed by atoms with Crippen LogP contribution in [0.25, 0.3) is 11.5 Å². The van der Waals surface area contributed by atoms with Gasteiger partial charge in [-0.2, -0.15) is 5.21 Å². The average Bonchev–Trinajstić information content (AvgIpc) is 3.19. The minimum atomic E-state index is -0.514. The molecule has 7 nitrogen and oxygen atoms in total. The lowest BCUT2D eigenvalue weighted by Crippen LogP contribution is -2.05. The number of rotatable bonds is 5. The molecule has 2 aromatic heterocycles. The van der Waals surface area contributed by atoms with Crippen LogP contribution >= 0.6 is 0 Å². The number of aliphatic hydroxyl groups excluding tert-OH is 1. The first kappa shape index (κ1) is 13.4. The number of hydrogen-bond donors (Lipinski definition) is 3. The summed E-state index contributed by atoms with van der Waals surface area (Å²) >= 11 is 0. The van der Waals surface area contributed by atoms with Crippen LogP contribution in [0.1, 0.15) is 36.8 Å². The molecule has 0 saturated carbocycles. The number of imidazole rings is 1. The van der Waals surface area contributed by atoms with Gasteiger partial charge in [-0.1, -0.05) is 37.3 Å². The third-order valence-electron chi connectivity index (χ3n) is 3.41. The van der Waals surface area contributed by atoms with Gasteiger partial charge >= 0.3 is 0 Å². The zero-order valence-corrected chi connectivity index (χ0v) is 11.6. The highest BCUT2D eigenvalue weighted by Crippen LogP contribution is 2.27. The Bertz CT molecular complexity index is 679. The maximum Gasteiger partial charge on any atom is 0.222 e. The van der Waals surface area contributed by atoms with Crippen molar-refractivity contribution in [2.75, 3.05) is 0 Å². The van der Waals surface area contributed by atoms with Crippen molar-refractivity contribution < 1.29 is 5.11 Å². The smallest absolute Gasteiger partial charge is 0.222 e. The van der Waals surface area contributed by atoms with Gasteiger partial charge in [0.2, 0.25) is 5.82 Å². The van der Waals surface area contributed by atoms with Crippen LogP contribution < -0.4 is 0 Å². The Morgan fingerprint density at radius 1 is 1.24 bits per heavy atom. The lowest BCUT2D eigenvalue weighted by molar-refractivity contribution is 0.158. The molecule has 1 aromatic carbocycles. The first-order valence-corrected chi connectivity index (χ1v) is 6.75. The minimum absolute atomic E-state index is 0.0841. The van der Waals surface area contributed by atoms with E-state index in [0.29, 0.717) is 17.9 Å². The molecule has 0 aliphatic heterocycles. The number of aromatic amines is 2. The summed E-state index contributed by atoms with van der Waals surface area (Å²) in [7, 11) is 0. The second-order valence-corrected chi connectivity index (χ2v) is 4.98. The maximum absolute atomic E-state index is 10.3. The minimum Gasteiger partial charge on any atom is -0.388 e. The van der Waals surface area contributed by atoms with E-state index in [1.54, 1.807) is 6.20 Å². The van der Waals surface area contributed by atoms with Crippen molar-refractivity contribution in [1.29, 1.82) is 0 Å². The molecule has 2 heterocycles. The molecule has 3 rings (SSSR count). The van der Waals surface area contributed by atoms with Crippen molar-refractivity contribution in [2.24, 2.45) is 0 Å². The van der Waals surface area contributed by atoms with Crippen LogP contribution in [0.3, 0.4) is 0 Å². The van der Waals surface area contributed by atoms with E-state index < -0.39 is 6.10 Å². The molecular formula is C14H16N6O. The Balaban J connectivity index is 1.70. The lowest BCUT2D eigenvalue weighted by Gasteiger charge is -2.15. The molecular weight excluding hydrogens is 268 g/mol. The Morgan fingerprint density at radius 2 is 2.05 bits per heavy atom. The Morgan fingerprint density at radius 3 is 2.76 bits per heavy atom. The summed E-state index contributed by atoms with van der Waals surface area (Å²) in [5.74, 6) is 1.36. The predicted octanol–water partition coefficient (Wildman–Crippen LogP) is 1.82. The van der Waals surface area contributed by atoms with Crippen molar-refractivity contribution in [3.8, 4) is 11.5 Å². The zero-order valence-electron chi connectivity index (χ0n) is 11.6. The number of tetrazole rings is 1. The third-order valence-corrected chi connectivity index (χ3v) is 3.41. The summed E-state index contributed by atoms with van der Waals surface area (Å²) in [6.07, 6.45) is 1.74. The molecule has 108 valence electrons. The molecule has 3 aromatic rings. The van der Waals surface area contributed by atoms with Crippen LogP contribution in [0.4, 0.5) is 0 Å². The van der Waals surface area contributed by atoms with Gasteiger partial charge in [-0.3, -0.25) is 0 Å². The normalized spacial score (nSPS) is 14.0. The molecule has 21 heavy (non-hydrogen) atoms. The number of aromatic nitrogens is 6. The van der Waals surface area contributed by atoms with Crippen LogP contribution in [-0.4, -0.2) is 35.7 Å². The number of H-pyrrole nitrogens is 2.